The predicted octanol–water partition coefficient (Wildman–Crippen LogP) is 1.26. The lowest BCUT2D eigenvalue weighted by Crippen LogP contribution is -2.12. The molecule has 0 aromatic heterocycles. The van der Waals surface area contributed by atoms with Crippen LogP contribution in [0.2, 0.25) is 0 Å². The summed E-state index contributed by atoms with van der Waals surface area (Å²) in [7, 11) is 0. The molecule has 0 amide bonds. The molecule has 17 heavy (non-hydrogen) atoms. The van der Waals surface area contributed by atoms with E-state index in [2.05, 4.69) is 0 Å². The van der Waals surface area contributed by atoms with Gasteiger partial charge in [0.2, 0.25) is 0 Å². The lowest BCUT2D eigenvalue weighted by molar-refractivity contribution is 0.189. The monoisotopic (exact) mass is 230 g/mol. The number of allylic oxidation sites excluding steroid dienone is 2. The van der Waals surface area contributed by atoms with Crippen molar-refractivity contribution in [2.24, 2.45) is 5.92 Å². The van der Waals surface area contributed by atoms with E-state index in [0.717, 1.165) is 12.0 Å². The molecule has 3 heteroatoms. The number of rotatable bonds is 2. The molecule has 1 aromatic carbocycles. The molecule has 0 heterocycles. The summed E-state index contributed by atoms with van der Waals surface area (Å²) in [5.41, 5.74) is 1.02. The van der Waals surface area contributed by atoms with Crippen molar-refractivity contribution in [3.05, 3.63) is 53.6 Å². The Labute approximate surface area is 98.7 Å². The molecule has 0 saturated heterocycles. The van der Waals surface area contributed by atoms with Gasteiger partial charge < -0.3 is 10.2 Å². The number of carbonyl (C=O) groups excluding carboxylic acids is 1. The molecule has 3 nitrogen and oxygen atoms in total. The normalized spacial score (nSPS) is 29.5. The van der Waals surface area contributed by atoms with Gasteiger partial charge in [0.25, 0.3) is 0 Å². The van der Waals surface area contributed by atoms with E-state index in [9.17, 15) is 9.90 Å². The molecule has 0 radical (unpaired) electrons. The first-order valence-electron chi connectivity index (χ1n) is 5.60. The van der Waals surface area contributed by atoms with Crippen molar-refractivity contribution in [2.75, 3.05) is 0 Å². The van der Waals surface area contributed by atoms with Crippen LogP contribution in [0, 0.1) is 5.92 Å². The fourth-order valence-electron chi connectivity index (χ4n) is 2.16. The third-order valence-electron chi connectivity index (χ3n) is 3.41. The summed E-state index contributed by atoms with van der Waals surface area (Å²) in [6, 6.07) is 6.44. The van der Waals surface area contributed by atoms with E-state index in [-0.39, 0.29) is 17.5 Å². The minimum atomic E-state index is -0.418. The second kappa shape index (κ2) is 3.31. The first-order chi connectivity index (χ1) is 8.08. The van der Waals surface area contributed by atoms with Gasteiger partial charge in [0.05, 0.1) is 17.1 Å². The highest BCUT2D eigenvalue weighted by molar-refractivity contribution is 6.11. The quantitative estimate of drug-likeness (QED) is 0.603. The smallest absolute Gasteiger partial charge is 0.354 e. The van der Waals surface area contributed by atoms with Crippen LogP contribution in [-0.4, -0.2) is 26.4 Å². The van der Waals surface area contributed by atoms with Crippen LogP contribution < -0.4 is 0 Å². The standard InChI is InChI=1S/C14H12O3/c15-12-3-1-9(2-4-12)13(16)10-5-6-14(17)8-11(14)7-10/h1-7,11,15,17H,8H2/p+2. The highest BCUT2D eigenvalue weighted by Gasteiger charge is 2.57. The van der Waals surface area contributed by atoms with Crippen LogP contribution in [0.5, 0.6) is 5.75 Å². The van der Waals surface area contributed by atoms with Gasteiger partial charge in [0.15, 0.2) is 5.60 Å². The highest BCUT2D eigenvalue weighted by atomic mass is 16.3. The fraction of sp³-hybridized carbons (Fsp3) is 0.214. The van der Waals surface area contributed by atoms with Gasteiger partial charge in [-0.2, -0.15) is 0 Å². The van der Waals surface area contributed by atoms with E-state index >= 15 is 0 Å². The number of benzene rings is 1. The maximum absolute atomic E-state index is 10.1. The molecule has 0 spiro atoms. The summed E-state index contributed by atoms with van der Waals surface area (Å²) in [4.78, 5) is 10.1. The van der Waals surface area contributed by atoms with E-state index in [1.165, 1.54) is 0 Å². The average molecular weight is 230 g/mol. The maximum atomic E-state index is 10.1. The molecular weight excluding hydrogens is 216 g/mol. The molecule has 1 fully saturated rings. The average Bonchev–Trinajstić information content (AvgIpc) is 2.99. The Morgan fingerprint density at radius 3 is 2.71 bits per heavy atom. The molecule has 2 aliphatic carbocycles. The Bertz CT molecular complexity index is 539. The van der Waals surface area contributed by atoms with Gasteiger partial charge in [-0.1, -0.05) is 6.08 Å². The zero-order valence-electron chi connectivity index (χ0n) is 9.22. The summed E-state index contributed by atoms with van der Waals surface area (Å²) >= 11 is 0. The minimum Gasteiger partial charge on any atom is -0.508 e. The van der Waals surface area contributed by atoms with Crippen LogP contribution in [0.1, 0.15) is 12.0 Å². The second-order valence-corrected chi connectivity index (χ2v) is 4.70. The van der Waals surface area contributed by atoms with E-state index in [1.54, 1.807) is 30.3 Å². The van der Waals surface area contributed by atoms with Crippen LogP contribution in [0.3, 0.4) is 0 Å². The largest absolute Gasteiger partial charge is 0.508 e. The molecule has 2 atom stereocenters. The number of hydrogen-bond donors (Lipinski definition) is 1. The molecule has 1 aromatic rings. The number of phenols is 1. The van der Waals surface area contributed by atoms with Gasteiger partial charge >= 0.3 is 5.78 Å². The van der Waals surface area contributed by atoms with Gasteiger partial charge in [0.1, 0.15) is 5.75 Å². The number of aromatic hydroxyl groups is 1. The lowest BCUT2D eigenvalue weighted by atomic mass is 9.97. The SMILES string of the molecule is Oc1ccc(C(=[OH+])C2=CC3CC3([OH2+])C=C2)cc1. The third kappa shape index (κ3) is 1.68. The van der Waals surface area contributed by atoms with Gasteiger partial charge in [-0.15, -0.1) is 0 Å². The Balaban J connectivity index is 1.87. The number of fused-ring (bicyclic) bond motifs is 1. The minimum absolute atomic E-state index is 0.182. The molecule has 2 aliphatic rings. The predicted molar refractivity (Wildman–Crippen MR) is 65.8 cm³/mol. The van der Waals surface area contributed by atoms with Crippen molar-refractivity contribution in [1.29, 1.82) is 0 Å². The molecule has 0 aliphatic heterocycles. The highest BCUT2D eigenvalue weighted by Crippen LogP contribution is 2.48. The fourth-order valence-corrected chi connectivity index (χ4v) is 2.16. The number of hydrogen-bond acceptors (Lipinski definition) is 1. The van der Waals surface area contributed by atoms with Crippen molar-refractivity contribution in [2.45, 2.75) is 12.0 Å². The summed E-state index contributed by atoms with van der Waals surface area (Å²) in [6.07, 6.45) is 6.45. The molecule has 2 unspecified atom stereocenters. The Morgan fingerprint density at radius 1 is 1.35 bits per heavy atom. The third-order valence-corrected chi connectivity index (χ3v) is 3.41. The molecule has 86 valence electrons. The van der Waals surface area contributed by atoms with Crippen LogP contribution in [0.25, 0.3) is 0 Å². The summed E-state index contributed by atoms with van der Waals surface area (Å²) in [6.45, 7) is 0. The van der Waals surface area contributed by atoms with Crippen LogP contribution in [-0.2, 0) is 0 Å². The van der Waals surface area contributed by atoms with Gasteiger partial charge in [-0.25, -0.2) is 0 Å². The Kier molecular flexibility index (Phi) is 2.00. The first kappa shape index (κ1) is 10.3. The molecule has 4 N–H and O–H groups in total. The maximum Gasteiger partial charge on any atom is 0.354 e. The number of ketones is 1. The second-order valence-electron chi connectivity index (χ2n) is 4.70. The van der Waals surface area contributed by atoms with Gasteiger partial charge in [0, 0.05) is 6.42 Å². The summed E-state index contributed by atoms with van der Waals surface area (Å²) in [5, 5.41) is 17.1. The first-order valence-corrected chi connectivity index (χ1v) is 5.60. The lowest BCUT2D eigenvalue weighted by Gasteiger charge is -2.04. The van der Waals surface area contributed by atoms with Crippen LogP contribution >= 0.6 is 0 Å². The summed E-state index contributed by atoms with van der Waals surface area (Å²) in [5.74, 6) is 0.624. The van der Waals surface area contributed by atoms with E-state index < -0.39 is 5.60 Å². The molecule has 3 rings (SSSR count). The van der Waals surface area contributed by atoms with Crippen molar-refractivity contribution in [3.8, 4) is 5.75 Å². The van der Waals surface area contributed by atoms with Gasteiger partial charge in [-0.3, -0.25) is 4.79 Å². The van der Waals surface area contributed by atoms with Crippen LogP contribution in [0.15, 0.2) is 48.1 Å². The van der Waals surface area contributed by atoms with E-state index in [0.29, 0.717) is 5.56 Å². The van der Waals surface area contributed by atoms with E-state index in [1.807, 2.05) is 12.2 Å². The zero-order chi connectivity index (χ0) is 12.0. The topological polar surface area (TPSA) is 64.5 Å². The van der Waals surface area contributed by atoms with Gasteiger partial charge in [-0.05, 0) is 36.4 Å². The molecule has 0 bridgehead atoms. The molecular formula is C14H14O3+2. The van der Waals surface area contributed by atoms with Crippen molar-refractivity contribution >= 4 is 5.78 Å². The van der Waals surface area contributed by atoms with Crippen molar-refractivity contribution in [3.63, 3.8) is 0 Å². The Morgan fingerprint density at radius 2 is 2.06 bits per heavy atom. The number of phenolic OH excluding ortho intramolecular Hbond substituents is 1. The van der Waals surface area contributed by atoms with Crippen LogP contribution in [0.4, 0.5) is 0 Å². The van der Waals surface area contributed by atoms with Crippen molar-refractivity contribution < 1.29 is 15.0 Å². The van der Waals surface area contributed by atoms with E-state index in [4.69, 9.17) is 5.11 Å². The Hall–Kier alpha value is -1.87. The zero-order valence-corrected chi connectivity index (χ0v) is 9.22. The van der Waals surface area contributed by atoms with Crippen molar-refractivity contribution in [1.82, 2.24) is 0 Å². The molecule has 1 saturated carbocycles. The summed E-state index contributed by atoms with van der Waals surface area (Å²) < 4.78 is 0.